The highest BCUT2D eigenvalue weighted by molar-refractivity contribution is 5.92. The second kappa shape index (κ2) is 6.76. The predicted molar refractivity (Wildman–Crippen MR) is 87.3 cm³/mol. The van der Waals surface area contributed by atoms with Crippen LogP contribution < -0.4 is 10.2 Å². The average Bonchev–Trinajstić information content (AvgIpc) is 3.06. The first-order chi connectivity index (χ1) is 11.1. The molecule has 122 valence electrons. The third kappa shape index (κ3) is 3.49. The quantitative estimate of drug-likeness (QED) is 0.928. The van der Waals surface area contributed by atoms with Gasteiger partial charge in [-0.25, -0.2) is 4.98 Å². The van der Waals surface area contributed by atoms with Crippen molar-refractivity contribution >= 4 is 11.7 Å². The molecule has 0 radical (unpaired) electrons. The van der Waals surface area contributed by atoms with E-state index in [2.05, 4.69) is 25.3 Å². The molecule has 1 fully saturated rings. The molecule has 3 heterocycles. The van der Waals surface area contributed by atoms with Crippen molar-refractivity contribution in [3.05, 3.63) is 36.5 Å². The number of carbonyl (C=O) groups is 1. The minimum absolute atomic E-state index is 0.0674. The van der Waals surface area contributed by atoms with Gasteiger partial charge in [0.25, 0.3) is 5.91 Å². The zero-order chi connectivity index (χ0) is 16.2. The molecule has 0 unspecified atom stereocenters. The van der Waals surface area contributed by atoms with Crippen LogP contribution in [0.4, 0.5) is 5.82 Å². The van der Waals surface area contributed by atoms with Crippen LogP contribution in [0.25, 0.3) is 0 Å². The summed E-state index contributed by atoms with van der Waals surface area (Å²) >= 11 is 0. The molecule has 2 aromatic rings. The molecule has 7 nitrogen and oxygen atoms in total. The van der Waals surface area contributed by atoms with Crippen LogP contribution in [0.5, 0.6) is 0 Å². The zero-order valence-corrected chi connectivity index (χ0v) is 13.5. The molecule has 0 saturated carbocycles. The van der Waals surface area contributed by atoms with Crippen LogP contribution in [0.2, 0.25) is 0 Å². The molecular weight excluding hydrogens is 292 g/mol. The zero-order valence-electron chi connectivity index (χ0n) is 13.5. The fourth-order valence-corrected chi connectivity index (χ4v) is 2.92. The second-order valence-electron chi connectivity index (χ2n) is 6.08. The van der Waals surface area contributed by atoms with Crippen molar-refractivity contribution in [1.82, 2.24) is 25.1 Å². The smallest absolute Gasteiger partial charge is 0.269 e. The van der Waals surface area contributed by atoms with Gasteiger partial charge in [-0.05, 0) is 32.8 Å². The molecule has 0 aromatic carbocycles. The van der Waals surface area contributed by atoms with E-state index in [1.54, 1.807) is 35.5 Å². The Morgan fingerprint density at radius 2 is 2.22 bits per heavy atom. The van der Waals surface area contributed by atoms with E-state index < -0.39 is 0 Å². The van der Waals surface area contributed by atoms with Crippen molar-refractivity contribution in [3.8, 4) is 0 Å². The molecule has 0 bridgehead atoms. The van der Waals surface area contributed by atoms with E-state index in [-0.39, 0.29) is 18.0 Å². The van der Waals surface area contributed by atoms with E-state index in [9.17, 15) is 4.79 Å². The first-order valence-corrected chi connectivity index (χ1v) is 8.00. The summed E-state index contributed by atoms with van der Waals surface area (Å²) < 4.78 is 1.75. The maximum Gasteiger partial charge on any atom is 0.269 e. The Morgan fingerprint density at radius 3 is 2.96 bits per heavy atom. The predicted octanol–water partition coefficient (Wildman–Crippen LogP) is 1.65. The first-order valence-electron chi connectivity index (χ1n) is 8.00. The van der Waals surface area contributed by atoms with E-state index >= 15 is 0 Å². The van der Waals surface area contributed by atoms with Gasteiger partial charge in [0.15, 0.2) is 0 Å². The number of piperidine rings is 1. The van der Waals surface area contributed by atoms with E-state index in [0.29, 0.717) is 5.69 Å². The summed E-state index contributed by atoms with van der Waals surface area (Å²) in [5.74, 6) is 0.792. The molecule has 1 amide bonds. The summed E-state index contributed by atoms with van der Waals surface area (Å²) in [6.45, 7) is 5.72. The maximum absolute atomic E-state index is 12.5. The van der Waals surface area contributed by atoms with Crippen LogP contribution in [-0.2, 0) is 0 Å². The van der Waals surface area contributed by atoms with E-state index in [4.69, 9.17) is 0 Å². The standard InChI is InChI=1S/C16H22N6O/c1-12(2)22-14(5-6-19-22)16(23)20-13-4-3-9-21(11-13)15-10-17-7-8-18-15/h5-8,10,12-13H,3-4,9,11H2,1-2H3,(H,20,23)/t13-/m1/s1. The lowest BCUT2D eigenvalue weighted by molar-refractivity contribution is 0.0920. The van der Waals surface area contributed by atoms with Gasteiger partial charge in [0, 0.05) is 43.8 Å². The van der Waals surface area contributed by atoms with Gasteiger partial charge in [-0.15, -0.1) is 0 Å². The van der Waals surface area contributed by atoms with E-state index in [1.807, 2.05) is 13.8 Å². The number of rotatable bonds is 4. The van der Waals surface area contributed by atoms with Crippen LogP contribution in [-0.4, -0.2) is 44.8 Å². The summed E-state index contributed by atoms with van der Waals surface area (Å²) in [7, 11) is 0. The minimum Gasteiger partial charge on any atom is -0.353 e. The fourth-order valence-electron chi connectivity index (χ4n) is 2.92. The van der Waals surface area contributed by atoms with Crippen molar-refractivity contribution in [2.75, 3.05) is 18.0 Å². The van der Waals surface area contributed by atoms with Crippen molar-refractivity contribution in [2.24, 2.45) is 0 Å². The molecule has 0 spiro atoms. The van der Waals surface area contributed by atoms with Crippen LogP contribution in [0.15, 0.2) is 30.9 Å². The van der Waals surface area contributed by atoms with Crippen molar-refractivity contribution in [3.63, 3.8) is 0 Å². The molecule has 0 aliphatic carbocycles. The Hall–Kier alpha value is -2.44. The molecule has 1 atom stereocenters. The number of carbonyl (C=O) groups excluding carboxylic acids is 1. The summed E-state index contributed by atoms with van der Waals surface area (Å²) in [6.07, 6.45) is 8.78. The molecule has 3 rings (SSSR count). The third-order valence-electron chi connectivity index (χ3n) is 4.02. The molecule has 1 N–H and O–H groups in total. The number of hydrogen-bond donors (Lipinski definition) is 1. The Morgan fingerprint density at radius 1 is 1.35 bits per heavy atom. The van der Waals surface area contributed by atoms with Gasteiger partial charge >= 0.3 is 0 Å². The van der Waals surface area contributed by atoms with Crippen LogP contribution >= 0.6 is 0 Å². The van der Waals surface area contributed by atoms with Gasteiger partial charge in [-0.2, -0.15) is 5.10 Å². The van der Waals surface area contributed by atoms with Crippen LogP contribution in [0.1, 0.15) is 43.2 Å². The lowest BCUT2D eigenvalue weighted by Crippen LogP contribution is -2.48. The first kappa shape index (κ1) is 15.5. The molecule has 1 aliphatic rings. The lowest BCUT2D eigenvalue weighted by Gasteiger charge is -2.33. The minimum atomic E-state index is -0.0674. The van der Waals surface area contributed by atoms with Crippen LogP contribution in [0.3, 0.4) is 0 Å². The van der Waals surface area contributed by atoms with Gasteiger partial charge in [0.1, 0.15) is 11.5 Å². The Kier molecular flexibility index (Phi) is 4.55. The number of anilines is 1. The molecule has 1 aliphatic heterocycles. The highest BCUT2D eigenvalue weighted by Gasteiger charge is 2.24. The number of hydrogen-bond acceptors (Lipinski definition) is 5. The third-order valence-corrected chi connectivity index (χ3v) is 4.02. The Bertz CT molecular complexity index is 654. The number of amides is 1. The number of nitrogens with zero attached hydrogens (tertiary/aromatic N) is 5. The topological polar surface area (TPSA) is 75.9 Å². The van der Waals surface area contributed by atoms with Gasteiger partial charge in [0.2, 0.25) is 0 Å². The second-order valence-corrected chi connectivity index (χ2v) is 6.08. The van der Waals surface area contributed by atoms with Crippen molar-refractivity contribution < 1.29 is 4.79 Å². The Balaban J connectivity index is 1.66. The molecular formula is C16H22N6O. The van der Waals surface area contributed by atoms with Gasteiger partial charge in [-0.1, -0.05) is 0 Å². The maximum atomic E-state index is 12.5. The number of aromatic nitrogens is 4. The lowest BCUT2D eigenvalue weighted by atomic mass is 10.1. The molecule has 23 heavy (non-hydrogen) atoms. The largest absolute Gasteiger partial charge is 0.353 e. The average molecular weight is 314 g/mol. The van der Waals surface area contributed by atoms with Crippen molar-refractivity contribution in [1.29, 1.82) is 0 Å². The van der Waals surface area contributed by atoms with Gasteiger partial charge < -0.3 is 10.2 Å². The normalized spacial score (nSPS) is 18.2. The summed E-state index contributed by atoms with van der Waals surface area (Å²) in [4.78, 5) is 23.1. The van der Waals surface area contributed by atoms with Gasteiger partial charge in [-0.3, -0.25) is 14.5 Å². The monoisotopic (exact) mass is 314 g/mol. The number of nitrogens with one attached hydrogen (secondary N) is 1. The van der Waals surface area contributed by atoms with Crippen molar-refractivity contribution in [2.45, 2.75) is 38.8 Å². The summed E-state index contributed by atoms with van der Waals surface area (Å²) in [5, 5.41) is 7.35. The van der Waals surface area contributed by atoms with Gasteiger partial charge in [0.05, 0.1) is 6.20 Å². The fraction of sp³-hybridized carbons (Fsp3) is 0.500. The summed E-state index contributed by atoms with van der Waals surface area (Å²) in [5.41, 5.74) is 0.608. The SMILES string of the molecule is CC(C)n1nccc1C(=O)N[C@@H]1CCCN(c2cnccn2)C1. The Labute approximate surface area is 135 Å². The highest BCUT2D eigenvalue weighted by atomic mass is 16.2. The molecule has 7 heteroatoms. The summed E-state index contributed by atoms with van der Waals surface area (Å²) in [6, 6.07) is 2.03. The molecule has 2 aromatic heterocycles. The highest BCUT2D eigenvalue weighted by Crippen LogP contribution is 2.17. The molecule has 1 saturated heterocycles. The van der Waals surface area contributed by atoms with Crippen LogP contribution in [0, 0.1) is 0 Å². The van der Waals surface area contributed by atoms with E-state index in [0.717, 1.165) is 31.7 Å². The van der Waals surface area contributed by atoms with E-state index in [1.165, 1.54) is 0 Å².